The largest absolute Gasteiger partial charge is 0.368 e. The van der Waals surface area contributed by atoms with Gasteiger partial charge in [0.15, 0.2) is 5.16 Å². The Hall–Kier alpha value is -2.84. The van der Waals surface area contributed by atoms with Crippen molar-refractivity contribution in [1.29, 1.82) is 0 Å². The van der Waals surface area contributed by atoms with Gasteiger partial charge in [0, 0.05) is 5.02 Å². The molecule has 0 spiro atoms. The lowest BCUT2D eigenvalue weighted by Crippen LogP contribution is -2.30. The molecule has 27 heavy (non-hydrogen) atoms. The molecular formula is C18H17ClN6OS. The second-order valence-electron chi connectivity index (χ2n) is 5.59. The van der Waals surface area contributed by atoms with Crippen molar-refractivity contribution in [1.82, 2.24) is 20.3 Å². The Labute approximate surface area is 165 Å². The standard InChI is InChI=1S/C18H17ClN6OS/c19-13-8-4-7-12(9-13)15(11-5-2-1-3-6-11)22-14(26)10-27-18-24-16(20)23-17(21)25-18/h1-9,15H,10H2,(H,22,26)(H4,20,21,23,24,25). The number of amides is 1. The number of nitrogens with zero attached hydrogens (tertiary/aromatic N) is 3. The van der Waals surface area contributed by atoms with Crippen LogP contribution in [0.1, 0.15) is 17.2 Å². The van der Waals surface area contributed by atoms with E-state index < -0.39 is 0 Å². The van der Waals surface area contributed by atoms with Crippen LogP contribution in [0.2, 0.25) is 5.02 Å². The van der Waals surface area contributed by atoms with E-state index in [0.29, 0.717) is 10.2 Å². The molecule has 0 fully saturated rings. The number of anilines is 2. The fraction of sp³-hybridized carbons (Fsp3) is 0.111. The molecule has 0 saturated carbocycles. The number of carbonyl (C=O) groups is 1. The first-order chi connectivity index (χ1) is 13.0. The van der Waals surface area contributed by atoms with Gasteiger partial charge in [0.1, 0.15) is 0 Å². The van der Waals surface area contributed by atoms with Crippen LogP contribution in [0, 0.1) is 0 Å². The van der Waals surface area contributed by atoms with Gasteiger partial charge in [-0.05, 0) is 23.3 Å². The van der Waals surface area contributed by atoms with E-state index in [0.717, 1.165) is 22.9 Å². The summed E-state index contributed by atoms with van der Waals surface area (Å²) < 4.78 is 0. The fourth-order valence-electron chi connectivity index (χ4n) is 2.48. The summed E-state index contributed by atoms with van der Waals surface area (Å²) in [5.41, 5.74) is 12.9. The van der Waals surface area contributed by atoms with E-state index in [1.807, 2.05) is 48.5 Å². The fourth-order valence-corrected chi connectivity index (χ4v) is 3.33. The highest BCUT2D eigenvalue weighted by Gasteiger charge is 2.17. The lowest BCUT2D eigenvalue weighted by molar-refractivity contribution is -0.119. The van der Waals surface area contributed by atoms with Crippen molar-refractivity contribution in [3.63, 3.8) is 0 Å². The van der Waals surface area contributed by atoms with Crippen molar-refractivity contribution < 1.29 is 4.79 Å². The molecule has 3 rings (SSSR count). The highest BCUT2D eigenvalue weighted by molar-refractivity contribution is 7.99. The van der Waals surface area contributed by atoms with E-state index in [1.165, 1.54) is 0 Å². The third kappa shape index (κ3) is 5.32. The second kappa shape index (κ2) is 8.70. The Morgan fingerprint density at radius 1 is 1.00 bits per heavy atom. The molecule has 1 unspecified atom stereocenters. The minimum Gasteiger partial charge on any atom is -0.368 e. The van der Waals surface area contributed by atoms with E-state index >= 15 is 0 Å². The lowest BCUT2D eigenvalue weighted by Gasteiger charge is -2.20. The number of nitrogens with one attached hydrogen (secondary N) is 1. The van der Waals surface area contributed by atoms with Gasteiger partial charge in [-0.1, -0.05) is 65.8 Å². The highest BCUT2D eigenvalue weighted by atomic mass is 35.5. The molecule has 0 bridgehead atoms. The summed E-state index contributed by atoms with van der Waals surface area (Å²) in [6.45, 7) is 0. The van der Waals surface area contributed by atoms with Gasteiger partial charge >= 0.3 is 0 Å². The smallest absolute Gasteiger partial charge is 0.231 e. The van der Waals surface area contributed by atoms with Gasteiger partial charge in [-0.2, -0.15) is 15.0 Å². The van der Waals surface area contributed by atoms with Crippen LogP contribution in [-0.4, -0.2) is 26.6 Å². The quantitative estimate of drug-likeness (QED) is 0.544. The molecule has 138 valence electrons. The first-order valence-corrected chi connectivity index (χ1v) is 9.37. The maximum absolute atomic E-state index is 12.5. The number of rotatable bonds is 6. The Bertz CT molecular complexity index is 920. The monoisotopic (exact) mass is 400 g/mol. The molecule has 0 aliphatic rings. The van der Waals surface area contributed by atoms with Crippen LogP contribution >= 0.6 is 23.4 Å². The number of carbonyl (C=O) groups excluding carboxylic acids is 1. The number of hydrogen-bond donors (Lipinski definition) is 3. The van der Waals surface area contributed by atoms with Gasteiger partial charge in [-0.3, -0.25) is 4.79 Å². The Morgan fingerprint density at radius 3 is 2.33 bits per heavy atom. The Kier molecular flexibility index (Phi) is 6.10. The third-order valence-corrected chi connectivity index (χ3v) is 4.68. The van der Waals surface area contributed by atoms with E-state index in [1.54, 1.807) is 6.07 Å². The van der Waals surface area contributed by atoms with Crippen LogP contribution in [0.15, 0.2) is 59.8 Å². The number of thioether (sulfide) groups is 1. The van der Waals surface area contributed by atoms with Crippen molar-refractivity contribution in [2.24, 2.45) is 0 Å². The predicted molar refractivity (Wildman–Crippen MR) is 107 cm³/mol. The van der Waals surface area contributed by atoms with Crippen LogP contribution in [0.4, 0.5) is 11.9 Å². The number of halogens is 1. The summed E-state index contributed by atoms with van der Waals surface area (Å²) in [7, 11) is 0. The van der Waals surface area contributed by atoms with E-state index in [-0.39, 0.29) is 29.6 Å². The molecule has 1 atom stereocenters. The molecule has 0 aliphatic heterocycles. The number of aromatic nitrogens is 3. The molecule has 2 aromatic carbocycles. The highest BCUT2D eigenvalue weighted by Crippen LogP contribution is 2.25. The van der Waals surface area contributed by atoms with Gasteiger partial charge in [0.25, 0.3) is 0 Å². The van der Waals surface area contributed by atoms with Crippen LogP contribution in [-0.2, 0) is 4.79 Å². The molecule has 0 radical (unpaired) electrons. The molecule has 0 saturated heterocycles. The van der Waals surface area contributed by atoms with E-state index in [4.69, 9.17) is 23.1 Å². The second-order valence-corrected chi connectivity index (χ2v) is 6.97. The molecule has 1 heterocycles. The third-order valence-electron chi connectivity index (χ3n) is 3.60. The zero-order valence-electron chi connectivity index (χ0n) is 14.2. The SMILES string of the molecule is Nc1nc(N)nc(SCC(=O)NC(c2ccccc2)c2cccc(Cl)c2)n1. The minimum atomic E-state index is -0.327. The predicted octanol–water partition coefficient (Wildman–Crippen LogP) is 2.69. The Morgan fingerprint density at radius 2 is 1.67 bits per heavy atom. The molecule has 5 N–H and O–H groups in total. The first-order valence-electron chi connectivity index (χ1n) is 8.01. The number of nitrogen functional groups attached to an aromatic ring is 2. The molecule has 3 aromatic rings. The number of hydrogen-bond acceptors (Lipinski definition) is 7. The van der Waals surface area contributed by atoms with Crippen LogP contribution in [0.25, 0.3) is 0 Å². The summed E-state index contributed by atoms with van der Waals surface area (Å²) in [5.74, 6) is -0.0448. The summed E-state index contributed by atoms with van der Waals surface area (Å²) in [6, 6.07) is 16.7. The summed E-state index contributed by atoms with van der Waals surface area (Å²) in [6.07, 6.45) is 0. The summed E-state index contributed by atoms with van der Waals surface area (Å²) in [5, 5.41) is 3.93. The zero-order chi connectivity index (χ0) is 19.2. The van der Waals surface area contributed by atoms with Crippen LogP contribution in [0.5, 0.6) is 0 Å². The van der Waals surface area contributed by atoms with Gasteiger partial charge < -0.3 is 16.8 Å². The van der Waals surface area contributed by atoms with Crippen molar-refractivity contribution in [2.45, 2.75) is 11.2 Å². The Balaban J connectivity index is 1.74. The van der Waals surface area contributed by atoms with Crippen molar-refractivity contribution >= 4 is 41.2 Å². The van der Waals surface area contributed by atoms with Crippen molar-refractivity contribution in [3.05, 3.63) is 70.7 Å². The maximum Gasteiger partial charge on any atom is 0.231 e. The first kappa shape index (κ1) is 18.9. The molecule has 0 aliphatic carbocycles. The molecular weight excluding hydrogens is 384 g/mol. The van der Waals surface area contributed by atoms with Gasteiger partial charge in [-0.25, -0.2) is 0 Å². The van der Waals surface area contributed by atoms with Gasteiger partial charge in [0.05, 0.1) is 11.8 Å². The number of nitrogens with two attached hydrogens (primary N) is 2. The molecule has 1 amide bonds. The molecule has 7 nitrogen and oxygen atoms in total. The van der Waals surface area contributed by atoms with E-state index in [2.05, 4.69) is 20.3 Å². The molecule has 9 heteroatoms. The maximum atomic E-state index is 12.5. The average Bonchev–Trinajstić information content (AvgIpc) is 2.64. The van der Waals surface area contributed by atoms with Crippen molar-refractivity contribution in [2.75, 3.05) is 17.2 Å². The number of benzene rings is 2. The van der Waals surface area contributed by atoms with E-state index in [9.17, 15) is 4.79 Å². The lowest BCUT2D eigenvalue weighted by atomic mass is 9.99. The van der Waals surface area contributed by atoms with Gasteiger partial charge in [0.2, 0.25) is 17.8 Å². The van der Waals surface area contributed by atoms with Gasteiger partial charge in [-0.15, -0.1) is 0 Å². The summed E-state index contributed by atoms with van der Waals surface area (Å²) in [4.78, 5) is 24.1. The topological polar surface area (TPSA) is 120 Å². The average molecular weight is 401 g/mol. The van der Waals surface area contributed by atoms with Crippen LogP contribution < -0.4 is 16.8 Å². The molecule has 1 aromatic heterocycles. The zero-order valence-corrected chi connectivity index (χ0v) is 15.7. The normalized spacial score (nSPS) is 11.7. The van der Waals surface area contributed by atoms with Crippen LogP contribution in [0.3, 0.4) is 0 Å². The van der Waals surface area contributed by atoms with Crippen molar-refractivity contribution in [3.8, 4) is 0 Å². The minimum absolute atomic E-state index is 0.0199. The summed E-state index contributed by atoms with van der Waals surface area (Å²) >= 11 is 7.25.